The molecule has 2 aromatic carbocycles. The highest BCUT2D eigenvalue weighted by Gasteiger charge is 2.07. The third kappa shape index (κ3) is 3.31. The van der Waals surface area contributed by atoms with Gasteiger partial charge in [0.15, 0.2) is 0 Å². The van der Waals surface area contributed by atoms with E-state index in [0.717, 1.165) is 11.3 Å². The van der Waals surface area contributed by atoms with Gasteiger partial charge in [-0.15, -0.1) is 11.8 Å². The van der Waals surface area contributed by atoms with E-state index in [1.807, 2.05) is 54.6 Å². The van der Waals surface area contributed by atoms with Crippen molar-refractivity contribution >= 4 is 11.8 Å². The van der Waals surface area contributed by atoms with E-state index in [9.17, 15) is 4.79 Å². The SMILES string of the molecule is Cc1ccccc1CSc1ccc(-c2ccccc2)oc1=O. The maximum atomic E-state index is 12.1. The minimum absolute atomic E-state index is 0.278. The Kier molecular flexibility index (Phi) is 4.45. The number of benzene rings is 2. The molecule has 3 rings (SSSR count). The van der Waals surface area contributed by atoms with Gasteiger partial charge in [0.2, 0.25) is 0 Å². The quantitative estimate of drug-likeness (QED) is 0.642. The molecule has 3 aromatic rings. The standard InChI is InChI=1S/C19H16O2S/c1-14-7-5-6-10-16(14)13-22-18-12-11-17(21-19(18)20)15-8-3-2-4-9-15/h2-12H,13H2,1H3. The molecule has 0 spiro atoms. The molecule has 0 bridgehead atoms. The van der Waals surface area contributed by atoms with Crippen LogP contribution in [0.3, 0.4) is 0 Å². The summed E-state index contributed by atoms with van der Waals surface area (Å²) in [4.78, 5) is 12.8. The smallest absolute Gasteiger partial charge is 0.350 e. The molecule has 0 fully saturated rings. The summed E-state index contributed by atoms with van der Waals surface area (Å²) >= 11 is 1.51. The zero-order valence-corrected chi connectivity index (χ0v) is 13.1. The Labute approximate surface area is 133 Å². The lowest BCUT2D eigenvalue weighted by atomic mass is 10.1. The molecule has 0 aliphatic carbocycles. The van der Waals surface area contributed by atoms with Crippen molar-refractivity contribution in [1.29, 1.82) is 0 Å². The first-order valence-corrected chi connectivity index (χ1v) is 8.09. The van der Waals surface area contributed by atoms with Gasteiger partial charge < -0.3 is 4.42 Å². The van der Waals surface area contributed by atoms with E-state index in [1.54, 1.807) is 0 Å². The highest BCUT2D eigenvalue weighted by atomic mass is 32.2. The zero-order valence-electron chi connectivity index (χ0n) is 12.3. The topological polar surface area (TPSA) is 30.2 Å². The fourth-order valence-electron chi connectivity index (χ4n) is 2.20. The second kappa shape index (κ2) is 6.67. The third-order valence-electron chi connectivity index (χ3n) is 3.49. The lowest BCUT2D eigenvalue weighted by Gasteiger charge is -2.05. The van der Waals surface area contributed by atoms with Crippen molar-refractivity contribution in [3.63, 3.8) is 0 Å². The highest BCUT2D eigenvalue weighted by molar-refractivity contribution is 7.98. The molecule has 3 heteroatoms. The molecule has 0 atom stereocenters. The normalized spacial score (nSPS) is 10.6. The Bertz CT molecular complexity index is 822. The second-order valence-electron chi connectivity index (χ2n) is 5.03. The molecule has 0 unspecified atom stereocenters. The summed E-state index contributed by atoms with van der Waals surface area (Å²) in [6.07, 6.45) is 0. The zero-order chi connectivity index (χ0) is 15.4. The third-order valence-corrected chi connectivity index (χ3v) is 4.56. The molecule has 1 aromatic heterocycles. The van der Waals surface area contributed by atoms with E-state index in [2.05, 4.69) is 19.1 Å². The average molecular weight is 308 g/mol. The summed E-state index contributed by atoms with van der Waals surface area (Å²) in [5, 5.41) is 0. The summed E-state index contributed by atoms with van der Waals surface area (Å²) in [5.74, 6) is 1.37. The minimum atomic E-state index is -0.278. The van der Waals surface area contributed by atoms with Gasteiger partial charge in [-0.1, -0.05) is 54.6 Å². The molecule has 22 heavy (non-hydrogen) atoms. The van der Waals surface area contributed by atoms with Gasteiger partial charge in [0.25, 0.3) is 0 Å². The molecule has 110 valence electrons. The van der Waals surface area contributed by atoms with Crippen LogP contribution in [0.25, 0.3) is 11.3 Å². The van der Waals surface area contributed by atoms with E-state index >= 15 is 0 Å². The van der Waals surface area contributed by atoms with E-state index in [1.165, 1.54) is 22.9 Å². The first-order chi connectivity index (χ1) is 10.7. The average Bonchev–Trinajstić information content (AvgIpc) is 2.56. The molecule has 0 saturated carbocycles. The fourth-order valence-corrected chi connectivity index (χ4v) is 3.15. The van der Waals surface area contributed by atoms with Gasteiger partial charge in [-0.2, -0.15) is 0 Å². The number of rotatable bonds is 4. The molecular formula is C19H16O2S. The van der Waals surface area contributed by atoms with Crippen molar-refractivity contribution in [2.45, 2.75) is 17.6 Å². The molecular weight excluding hydrogens is 292 g/mol. The van der Waals surface area contributed by atoms with Crippen molar-refractivity contribution in [3.05, 3.63) is 88.3 Å². The molecule has 0 saturated heterocycles. The summed E-state index contributed by atoms with van der Waals surface area (Å²) < 4.78 is 5.44. The Hall–Kier alpha value is -2.26. The van der Waals surface area contributed by atoms with Crippen molar-refractivity contribution in [3.8, 4) is 11.3 Å². The maximum Gasteiger partial charge on any atom is 0.350 e. The Morgan fingerprint density at radius 3 is 2.36 bits per heavy atom. The van der Waals surface area contributed by atoms with Crippen molar-refractivity contribution in [2.24, 2.45) is 0 Å². The molecule has 0 aliphatic heterocycles. The first kappa shape index (κ1) is 14.7. The molecule has 0 radical (unpaired) electrons. The molecule has 0 amide bonds. The predicted molar refractivity (Wildman–Crippen MR) is 91.2 cm³/mol. The van der Waals surface area contributed by atoms with Gasteiger partial charge in [-0.05, 0) is 30.2 Å². The fraction of sp³-hybridized carbons (Fsp3) is 0.105. The van der Waals surface area contributed by atoms with Crippen LogP contribution in [0.1, 0.15) is 11.1 Å². The van der Waals surface area contributed by atoms with Crippen LogP contribution in [0.2, 0.25) is 0 Å². The summed E-state index contributed by atoms with van der Waals surface area (Å²) in [5.41, 5.74) is 3.11. The van der Waals surface area contributed by atoms with Gasteiger partial charge >= 0.3 is 5.63 Å². The lowest BCUT2D eigenvalue weighted by molar-refractivity contribution is 0.509. The summed E-state index contributed by atoms with van der Waals surface area (Å²) in [6.45, 7) is 2.08. The van der Waals surface area contributed by atoms with Crippen LogP contribution >= 0.6 is 11.8 Å². The Balaban J connectivity index is 1.79. The first-order valence-electron chi connectivity index (χ1n) is 7.11. The molecule has 1 heterocycles. The van der Waals surface area contributed by atoms with Crippen LogP contribution in [0.15, 0.2) is 80.8 Å². The summed E-state index contributed by atoms with van der Waals surface area (Å²) in [6, 6.07) is 21.6. The highest BCUT2D eigenvalue weighted by Crippen LogP contribution is 2.24. The minimum Gasteiger partial charge on any atom is -0.422 e. The molecule has 0 N–H and O–H groups in total. The lowest BCUT2D eigenvalue weighted by Crippen LogP contribution is -2.02. The van der Waals surface area contributed by atoms with Gasteiger partial charge in [-0.3, -0.25) is 0 Å². The Morgan fingerprint density at radius 2 is 1.64 bits per heavy atom. The maximum absolute atomic E-state index is 12.1. The largest absolute Gasteiger partial charge is 0.422 e. The summed E-state index contributed by atoms with van der Waals surface area (Å²) in [7, 11) is 0. The van der Waals surface area contributed by atoms with E-state index in [0.29, 0.717) is 10.7 Å². The van der Waals surface area contributed by atoms with Crippen LogP contribution in [0.4, 0.5) is 0 Å². The van der Waals surface area contributed by atoms with E-state index in [-0.39, 0.29) is 5.63 Å². The monoisotopic (exact) mass is 308 g/mol. The van der Waals surface area contributed by atoms with Crippen LogP contribution in [0.5, 0.6) is 0 Å². The van der Waals surface area contributed by atoms with E-state index < -0.39 is 0 Å². The number of thioether (sulfide) groups is 1. The van der Waals surface area contributed by atoms with E-state index in [4.69, 9.17) is 4.42 Å². The molecule has 2 nitrogen and oxygen atoms in total. The number of hydrogen-bond donors (Lipinski definition) is 0. The van der Waals surface area contributed by atoms with Crippen molar-refractivity contribution in [2.75, 3.05) is 0 Å². The van der Waals surface area contributed by atoms with Crippen LogP contribution in [-0.2, 0) is 5.75 Å². The molecule has 0 aliphatic rings. The van der Waals surface area contributed by atoms with Crippen LogP contribution in [-0.4, -0.2) is 0 Å². The van der Waals surface area contributed by atoms with Gasteiger partial charge in [-0.25, -0.2) is 4.79 Å². The van der Waals surface area contributed by atoms with Crippen molar-refractivity contribution in [1.82, 2.24) is 0 Å². The van der Waals surface area contributed by atoms with Crippen LogP contribution < -0.4 is 5.63 Å². The number of aryl methyl sites for hydroxylation is 1. The van der Waals surface area contributed by atoms with Gasteiger partial charge in [0.05, 0.1) is 4.90 Å². The van der Waals surface area contributed by atoms with Crippen molar-refractivity contribution < 1.29 is 4.42 Å². The Morgan fingerprint density at radius 1 is 0.909 bits per heavy atom. The number of hydrogen-bond acceptors (Lipinski definition) is 3. The van der Waals surface area contributed by atoms with Crippen LogP contribution in [0, 0.1) is 6.92 Å². The van der Waals surface area contributed by atoms with Gasteiger partial charge in [0.1, 0.15) is 5.76 Å². The predicted octanol–water partition coefficient (Wildman–Crippen LogP) is 4.91. The second-order valence-corrected chi connectivity index (χ2v) is 6.05. The van der Waals surface area contributed by atoms with Gasteiger partial charge in [0, 0.05) is 11.3 Å².